The second-order valence-corrected chi connectivity index (χ2v) is 4.43. The van der Waals surface area contributed by atoms with Crippen LogP contribution in [0, 0.1) is 0 Å². The molecule has 1 fully saturated rings. The molecule has 2 aliphatic heterocycles. The lowest BCUT2D eigenvalue weighted by Gasteiger charge is -2.24. The average Bonchev–Trinajstić information content (AvgIpc) is 2.78. The van der Waals surface area contributed by atoms with Crippen molar-refractivity contribution in [2.75, 3.05) is 25.0 Å². The van der Waals surface area contributed by atoms with Gasteiger partial charge in [0.25, 0.3) is 0 Å². The summed E-state index contributed by atoms with van der Waals surface area (Å²) >= 11 is 0. The zero-order valence-electron chi connectivity index (χ0n) is 8.92. The first-order chi connectivity index (χ1) is 7.45. The Balaban J connectivity index is 1.93. The molecule has 0 atom stereocenters. The lowest BCUT2D eigenvalue weighted by Crippen LogP contribution is -2.27. The second kappa shape index (κ2) is 3.81. The molecule has 3 rings (SSSR count). The Hall–Kier alpha value is -1.09. The number of aromatic nitrogens is 1. The average molecular weight is 203 g/mol. The minimum Gasteiger partial charge on any atom is -0.370 e. The van der Waals surface area contributed by atoms with Crippen molar-refractivity contribution in [3.05, 3.63) is 23.4 Å². The summed E-state index contributed by atoms with van der Waals surface area (Å²) in [5.41, 5.74) is 3.02. The standard InChI is InChI=1S/C12H17N3/c1-5-13-6-2-9(1)10-3-7-14-12-11(10)4-8-15-12/h3,7,9,13H,1-2,4-6,8H2,(H,14,15). The zero-order chi connectivity index (χ0) is 10.1. The summed E-state index contributed by atoms with van der Waals surface area (Å²) in [6.45, 7) is 3.38. The van der Waals surface area contributed by atoms with Crippen molar-refractivity contribution in [3.8, 4) is 0 Å². The van der Waals surface area contributed by atoms with Crippen molar-refractivity contribution in [1.29, 1.82) is 0 Å². The number of rotatable bonds is 1. The Kier molecular flexibility index (Phi) is 2.33. The van der Waals surface area contributed by atoms with Crippen LogP contribution in [0.25, 0.3) is 0 Å². The Morgan fingerprint density at radius 2 is 2.07 bits per heavy atom. The minimum atomic E-state index is 0.753. The number of nitrogens with one attached hydrogen (secondary N) is 2. The van der Waals surface area contributed by atoms with Gasteiger partial charge in [-0.3, -0.25) is 0 Å². The number of pyridine rings is 1. The van der Waals surface area contributed by atoms with Crippen molar-refractivity contribution >= 4 is 5.82 Å². The fourth-order valence-corrected chi connectivity index (χ4v) is 2.74. The molecule has 0 bridgehead atoms. The van der Waals surface area contributed by atoms with E-state index < -0.39 is 0 Å². The Bertz CT molecular complexity index is 356. The molecule has 2 aliphatic rings. The highest BCUT2D eigenvalue weighted by Gasteiger charge is 2.22. The van der Waals surface area contributed by atoms with Crippen molar-refractivity contribution < 1.29 is 0 Å². The van der Waals surface area contributed by atoms with Gasteiger partial charge in [-0.25, -0.2) is 4.98 Å². The molecule has 0 aromatic carbocycles. The summed E-state index contributed by atoms with van der Waals surface area (Å²) < 4.78 is 0. The largest absolute Gasteiger partial charge is 0.370 e. The first-order valence-corrected chi connectivity index (χ1v) is 5.87. The SMILES string of the molecule is c1cc(C2CCNCC2)c2c(n1)NCC2. The molecular weight excluding hydrogens is 186 g/mol. The molecule has 1 aromatic rings. The van der Waals surface area contributed by atoms with Gasteiger partial charge in [0.2, 0.25) is 0 Å². The maximum atomic E-state index is 4.39. The number of fused-ring (bicyclic) bond motifs is 1. The van der Waals surface area contributed by atoms with Crippen molar-refractivity contribution in [2.45, 2.75) is 25.2 Å². The van der Waals surface area contributed by atoms with Gasteiger partial charge in [-0.15, -0.1) is 0 Å². The number of anilines is 1. The van der Waals surface area contributed by atoms with E-state index in [-0.39, 0.29) is 0 Å². The summed E-state index contributed by atoms with van der Waals surface area (Å²) in [7, 11) is 0. The fourth-order valence-electron chi connectivity index (χ4n) is 2.74. The summed E-state index contributed by atoms with van der Waals surface area (Å²) in [4.78, 5) is 4.39. The van der Waals surface area contributed by atoms with E-state index >= 15 is 0 Å². The highest BCUT2D eigenvalue weighted by Crippen LogP contribution is 2.32. The molecule has 0 unspecified atom stereocenters. The monoisotopic (exact) mass is 203 g/mol. The van der Waals surface area contributed by atoms with Gasteiger partial charge in [0.1, 0.15) is 5.82 Å². The molecule has 3 heterocycles. The molecular formula is C12H17N3. The van der Waals surface area contributed by atoms with Crippen molar-refractivity contribution in [2.24, 2.45) is 0 Å². The molecule has 1 aromatic heterocycles. The highest BCUT2D eigenvalue weighted by atomic mass is 15.0. The smallest absolute Gasteiger partial charge is 0.129 e. The van der Waals surface area contributed by atoms with E-state index in [0.29, 0.717) is 0 Å². The van der Waals surface area contributed by atoms with Crippen LogP contribution < -0.4 is 10.6 Å². The third-order valence-electron chi connectivity index (χ3n) is 3.54. The van der Waals surface area contributed by atoms with E-state index in [1.165, 1.54) is 18.4 Å². The number of hydrogen-bond acceptors (Lipinski definition) is 3. The van der Waals surface area contributed by atoms with E-state index in [1.54, 1.807) is 5.56 Å². The number of nitrogens with zero attached hydrogens (tertiary/aromatic N) is 1. The quantitative estimate of drug-likeness (QED) is 0.726. The lowest BCUT2D eigenvalue weighted by molar-refractivity contribution is 0.458. The topological polar surface area (TPSA) is 37.0 Å². The van der Waals surface area contributed by atoms with Crippen LogP contribution >= 0.6 is 0 Å². The van der Waals surface area contributed by atoms with Gasteiger partial charge in [-0.1, -0.05) is 0 Å². The Morgan fingerprint density at radius 3 is 2.93 bits per heavy atom. The normalized spacial score (nSPS) is 21.1. The van der Waals surface area contributed by atoms with Gasteiger partial charge in [0, 0.05) is 12.7 Å². The van der Waals surface area contributed by atoms with Crippen LogP contribution in [0.3, 0.4) is 0 Å². The Labute approximate surface area is 90.3 Å². The molecule has 0 aliphatic carbocycles. The van der Waals surface area contributed by atoms with Crippen molar-refractivity contribution in [1.82, 2.24) is 10.3 Å². The highest BCUT2D eigenvalue weighted by molar-refractivity contribution is 5.53. The molecule has 1 saturated heterocycles. The first-order valence-electron chi connectivity index (χ1n) is 5.87. The molecule has 3 nitrogen and oxygen atoms in total. The number of hydrogen-bond donors (Lipinski definition) is 2. The van der Waals surface area contributed by atoms with Crippen LogP contribution in [0.2, 0.25) is 0 Å². The van der Waals surface area contributed by atoms with Gasteiger partial charge in [-0.2, -0.15) is 0 Å². The molecule has 3 heteroatoms. The number of piperidine rings is 1. The summed E-state index contributed by atoms with van der Waals surface area (Å²) in [5, 5.41) is 6.77. The van der Waals surface area contributed by atoms with Crippen LogP contribution in [0.1, 0.15) is 29.9 Å². The predicted molar refractivity (Wildman–Crippen MR) is 61.3 cm³/mol. The summed E-state index contributed by atoms with van der Waals surface area (Å²) in [6, 6.07) is 2.22. The minimum absolute atomic E-state index is 0.753. The summed E-state index contributed by atoms with van der Waals surface area (Å²) in [5.74, 6) is 1.88. The Morgan fingerprint density at radius 1 is 1.20 bits per heavy atom. The molecule has 0 amide bonds. The second-order valence-electron chi connectivity index (χ2n) is 4.43. The molecule has 2 N–H and O–H groups in total. The van der Waals surface area contributed by atoms with Gasteiger partial charge < -0.3 is 10.6 Å². The van der Waals surface area contributed by atoms with Crippen LogP contribution in [-0.4, -0.2) is 24.6 Å². The molecule has 0 radical (unpaired) electrons. The van der Waals surface area contributed by atoms with E-state index in [1.807, 2.05) is 6.20 Å². The van der Waals surface area contributed by atoms with E-state index in [9.17, 15) is 0 Å². The van der Waals surface area contributed by atoms with Crippen LogP contribution in [-0.2, 0) is 6.42 Å². The lowest BCUT2D eigenvalue weighted by atomic mass is 9.87. The molecule has 0 saturated carbocycles. The van der Waals surface area contributed by atoms with Gasteiger partial charge >= 0.3 is 0 Å². The van der Waals surface area contributed by atoms with E-state index in [2.05, 4.69) is 21.7 Å². The van der Waals surface area contributed by atoms with E-state index in [0.717, 1.165) is 37.8 Å². The third kappa shape index (κ3) is 1.61. The van der Waals surface area contributed by atoms with Crippen LogP contribution in [0.5, 0.6) is 0 Å². The predicted octanol–water partition coefficient (Wildman–Crippen LogP) is 1.52. The zero-order valence-corrected chi connectivity index (χ0v) is 8.92. The maximum absolute atomic E-state index is 4.39. The van der Waals surface area contributed by atoms with Crippen LogP contribution in [0.4, 0.5) is 5.82 Å². The van der Waals surface area contributed by atoms with E-state index in [4.69, 9.17) is 0 Å². The van der Waals surface area contributed by atoms with Gasteiger partial charge in [-0.05, 0) is 55.5 Å². The maximum Gasteiger partial charge on any atom is 0.129 e. The molecule has 0 spiro atoms. The first kappa shape index (κ1) is 9.16. The molecule has 15 heavy (non-hydrogen) atoms. The molecule has 80 valence electrons. The van der Waals surface area contributed by atoms with Crippen molar-refractivity contribution in [3.63, 3.8) is 0 Å². The van der Waals surface area contributed by atoms with Gasteiger partial charge in [0.05, 0.1) is 0 Å². The third-order valence-corrected chi connectivity index (χ3v) is 3.54. The fraction of sp³-hybridized carbons (Fsp3) is 0.583. The van der Waals surface area contributed by atoms with Crippen LogP contribution in [0.15, 0.2) is 12.3 Å². The summed E-state index contributed by atoms with van der Waals surface area (Å²) in [6.07, 6.45) is 5.66. The van der Waals surface area contributed by atoms with Gasteiger partial charge in [0.15, 0.2) is 0 Å².